The van der Waals surface area contributed by atoms with Crippen LogP contribution in [0.25, 0.3) is 33.3 Å². The van der Waals surface area contributed by atoms with E-state index in [1.54, 1.807) is 12.4 Å². The highest BCUT2D eigenvalue weighted by Gasteiger charge is 2.17. The van der Waals surface area contributed by atoms with Crippen molar-refractivity contribution in [3.05, 3.63) is 54.9 Å². The van der Waals surface area contributed by atoms with E-state index in [-0.39, 0.29) is 6.61 Å². The Morgan fingerprint density at radius 2 is 1.74 bits per heavy atom. The van der Waals surface area contributed by atoms with Gasteiger partial charge in [-0.3, -0.25) is 15.1 Å². The first kappa shape index (κ1) is 20.6. The maximum absolute atomic E-state index is 9.14. The Morgan fingerprint density at radius 3 is 2.56 bits per heavy atom. The molecule has 0 atom stereocenters. The number of fused-ring (bicyclic) bond motifs is 2. The van der Waals surface area contributed by atoms with Gasteiger partial charge in [-0.1, -0.05) is 12.1 Å². The molecule has 4 N–H and O–H groups in total. The Kier molecular flexibility index (Phi) is 5.28. The molecule has 1 aliphatic heterocycles. The second-order valence-corrected chi connectivity index (χ2v) is 8.42. The zero-order chi connectivity index (χ0) is 22.9. The number of nitrogens with one attached hydrogen (secondary N) is 3. The molecule has 34 heavy (non-hydrogen) atoms. The number of benzene rings is 2. The molecule has 0 spiro atoms. The Morgan fingerprint density at radius 1 is 0.912 bits per heavy atom. The number of nitrogens with zero attached hydrogens (tertiary/aromatic N) is 6. The highest BCUT2D eigenvalue weighted by atomic mass is 16.3. The van der Waals surface area contributed by atoms with Crippen molar-refractivity contribution < 1.29 is 5.11 Å². The Balaban J connectivity index is 1.24. The Bertz CT molecular complexity index is 1420. The number of piperazine rings is 1. The number of H-pyrrole nitrogens is 2. The van der Waals surface area contributed by atoms with Gasteiger partial charge in [0, 0.05) is 55.0 Å². The topological polar surface area (TPSA) is 122 Å². The predicted molar refractivity (Wildman–Crippen MR) is 132 cm³/mol. The second-order valence-electron chi connectivity index (χ2n) is 8.42. The predicted octanol–water partition coefficient (Wildman–Crippen LogP) is 2.75. The van der Waals surface area contributed by atoms with E-state index in [1.807, 2.05) is 18.2 Å². The molecule has 0 amide bonds. The molecule has 5 aromatic rings. The zero-order valence-electron chi connectivity index (χ0n) is 18.6. The maximum atomic E-state index is 9.14. The van der Waals surface area contributed by atoms with Crippen molar-refractivity contribution in [3.8, 4) is 11.4 Å². The number of aliphatic hydroxyl groups excluding tert-OH is 1. The number of β-amino-alcohol motifs (C(OH)–C–C–N with tert-alkyl or cyclic N) is 1. The fourth-order valence-corrected chi connectivity index (χ4v) is 4.40. The summed E-state index contributed by atoms with van der Waals surface area (Å²) in [7, 11) is 0. The number of hydrogen-bond donors (Lipinski definition) is 4. The first-order chi connectivity index (χ1) is 16.8. The van der Waals surface area contributed by atoms with Crippen LogP contribution in [0.1, 0.15) is 0 Å². The first-order valence-electron chi connectivity index (χ1n) is 11.4. The number of aromatic nitrogens is 6. The average Bonchev–Trinajstić information content (AvgIpc) is 3.54. The van der Waals surface area contributed by atoms with E-state index in [0.29, 0.717) is 11.6 Å². The molecule has 3 aromatic heterocycles. The fourth-order valence-electron chi connectivity index (χ4n) is 4.40. The molecule has 0 saturated carbocycles. The molecule has 1 aliphatic rings. The minimum atomic E-state index is 0.215. The van der Waals surface area contributed by atoms with E-state index in [4.69, 9.17) is 10.1 Å². The van der Waals surface area contributed by atoms with E-state index in [0.717, 1.165) is 65.9 Å². The van der Waals surface area contributed by atoms with E-state index in [9.17, 15) is 0 Å². The monoisotopic (exact) mass is 455 g/mol. The van der Waals surface area contributed by atoms with Gasteiger partial charge in [-0.25, -0.2) is 9.97 Å². The highest BCUT2D eigenvalue weighted by Crippen LogP contribution is 2.28. The van der Waals surface area contributed by atoms with Gasteiger partial charge in [0.05, 0.1) is 24.5 Å². The quantitative estimate of drug-likeness (QED) is 0.308. The minimum absolute atomic E-state index is 0.215. The van der Waals surface area contributed by atoms with Gasteiger partial charge in [0.15, 0.2) is 11.6 Å². The molecule has 2 aromatic carbocycles. The van der Waals surface area contributed by atoms with Gasteiger partial charge in [0.25, 0.3) is 0 Å². The summed E-state index contributed by atoms with van der Waals surface area (Å²) in [5, 5.41) is 27.9. The Hall–Kier alpha value is -4.02. The third-order valence-electron chi connectivity index (χ3n) is 6.28. The molecule has 10 heteroatoms. The lowest BCUT2D eigenvalue weighted by Crippen LogP contribution is -2.47. The van der Waals surface area contributed by atoms with Crippen LogP contribution >= 0.6 is 0 Å². The summed E-state index contributed by atoms with van der Waals surface area (Å²) in [5.41, 5.74) is 5.48. The van der Waals surface area contributed by atoms with Crippen LogP contribution in [0.15, 0.2) is 54.9 Å². The normalized spacial score (nSPS) is 14.8. The molecule has 0 bridgehead atoms. The summed E-state index contributed by atoms with van der Waals surface area (Å²) in [6, 6.07) is 14.4. The van der Waals surface area contributed by atoms with Gasteiger partial charge in [-0.05, 0) is 30.3 Å². The van der Waals surface area contributed by atoms with Gasteiger partial charge in [0.2, 0.25) is 0 Å². The first-order valence-corrected chi connectivity index (χ1v) is 11.4. The molecular formula is C24H25N9O. The number of anilines is 3. The maximum Gasteiger partial charge on any atom is 0.162 e. The molecule has 10 nitrogen and oxygen atoms in total. The number of aliphatic hydroxyl groups is 1. The number of rotatable bonds is 6. The van der Waals surface area contributed by atoms with Crippen molar-refractivity contribution in [1.82, 2.24) is 35.3 Å². The fraction of sp³-hybridized carbons (Fsp3) is 0.250. The number of aromatic amines is 2. The third kappa shape index (κ3) is 3.93. The molecule has 0 unspecified atom stereocenters. The smallest absolute Gasteiger partial charge is 0.162 e. The van der Waals surface area contributed by atoms with Crippen molar-refractivity contribution in [2.75, 3.05) is 49.5 Å². The minimum Gasteiger partial charge on any atom is -0.395 e. The summed E-state index contributed by atoms with van der Waals surface area (Å²) >= 11 is 0. The van der Waals surface area contributed by atoms with Crippen LogP contribution in [0.2, 0.25) is 0 Å². The van der Waals surface area contributed by atoms with E-state index in [2.05, 4.69) is 64.8 Å². The molecule has 0 radical (unpaired) electrons. The SMILES string of the molecule is OCCN1CCN(c2ccc(Nc3nc(-c4ccc5cn[nH]c5c4)nc4cn[nH]c34)cc2)CC1. The zero-order valence-corrected chi connectivity index (χ0v) is 18.6. The van der Waals surface area contributed by atoms with E-state index in [1.165, 1.54) is 5.69 Å². The largest absolute Gasteiger partial charge is 0.395 e. The summed E-state index contributed by atoms with van der Waals surface area (Å²) in [4.78, 5) is 14.2. The van der Waals surface area contributed by atoms with Gasteiger partial charge in [-0.2, -0.15) is 10.2 Å². The summed E-state index contributed by atoms with van der Waals surface area (Å²) in [6.07, 6.45) is 3.50. The van der Waals surface area contributed by atoms with E-state index < -0.39 is 0 Å². The highest BCUT2D eigenvalue weighted by molar-refractivity contribution is 5.89. The standard InChI is InChI=1S/C24H25N9O/c34-12-11-32-7-9-33(10-8-32)19-5-3-18(4-6-19)27-24-22-21(15-26-31-22)28-23(29-24)16-1-2-17-14-25-30-20(17)13-16/h1-6,13-15,34H,7-12H2,(H,25,30)(H,26,31)(H,27,28,29). The van der Waals surface area contributed by atoms with Crippen molar-refractivity contribution in [1.29, 1.82) is 0 Å². The van der Waals surface area contributed by atoms with E-state index >= 15 is 0 Å². The Labute approximate surface area is 195 Å². The van der Waals surface area contributed by atoms with Gasteiger partial charge in [0.1, 0.15) is 11.0 Å². The molecule has 4 heterocycles. The summed E-state index contributed by atoms with van der Waals surface area (Å²) in [5.74, 6) is 1.29. The average molecular weight is 456 g/mol. The lowest BCUT2D eigenvalue weighted by atomic mass is 10.1. The van der Waals surface area contributed by atoms with Gasteiger partial charge in [-0.15, -0.1) is 0 Å². The lowest BCUT2D eigenvalue weighted by Gasteiger charge is -2.35. The van der Waals surface area contributed by atoms with Gasteiger partial charge >= 0.3 is 0 Å². The third-order valence-corrected chi connectivity index (χ3v) is 6.28. The van der Waals surface area contributed by atoms with Crippen molar-refractivity contribution in [2.45, 2.75) is 0 Å². The van der Waals surface area contributed by atoms with Crippen molar-refractivity contribution in [3.63, 3.8) is 0 Å². The van der Waals surface area contributed by atoms with Crippen LogP contribution < -0.4 is 10.2 Å². The van der Waals surface area contributed by atoms with Crippen LogP contribution in [0, 0.1) is 0 Å². The molecule has 0 aliphatic carbocycles. The lowest BCUT2D eigenvalue weighted by molar-refractivity contribution is 0.189. The van der Waals surface area contributed by atoms with Crippen LogP contribution in [0.4, 0.5) is 17.2 Å². The molecule has 172 valence electrons. The molecular weight excluding hydrogens is 430 g/mol. The van der Waals surface area contributed by atoms with Crippen LogP contribution in [-0.2, 0) is 0 Å². The van der Waals surface area contributed by atoms with Gasteiger partial charge < -0.3 is 15.3 Å². The summed E-state index contributed by atoms with van der Waals surface area (Å²) in [6.45, 7) is 4.80. The molecule has 1 fully saturated rings. The molecule has 6 rings (SSSR count). The second kappa shape index (κ2) is 8.73. The van der Waals surface area contributed by atoms with Crippen molar-refractivity contribution in [2.24, 2.45) is 0 Å². The van der Waals surface area contributed by atoms with Crippen molar-refractivity contribution >= 4 is 39.1 Å². The summed E-state index contributed by atoms with van der Waals surface area (Å²) < 4.78 is 0. The van der Waals surface area contributed by atoms with Crippen LogP contribution in [0.5, 0.6) is 0 Å². The van der Waals surface area contributed by atoms with Crippen LogP contribution in [-0.4, -0.2) is 79.7 Å². The number of hydrogen-bond acceptors (Lipinski definition) is 8. The van der Waals surface area contributed by atoms with Crippen LogP contribution in [0.3, 0.4) is 0 Å². The molecule has 1 saturated heterocycles.